The molecule has 0 saturated carbocycles. The number of hydrogen-bond donors (Lipinski definition) is 0. The summed E-state index contributed by atoms with van der Waals surface area (Å²) < 4.78 is 0. The molecule has 0 aliphatic rings. The normalized spacial score (nSPS) is 12.4. The van der Waals surface area contributed by atoms with Gasteiger partial charge in [-0.1, -0.05) is 134 Å². The monoisotopic (exact) mass is 504 g/mol. The predicted octanol–water partition coefficient (Wildman–Crippen LogP) is 10.7. The molecule has 0 amide bonds. The number of allylic oxidation sites excluding steroid dienone is 6. The van der Waals surface area contributed by atoms with Crippen LogP contribution in [0.5, 0.6) is 0 Å². The van der Waals surface area contributed by atoms with Gasteiger partial charge in [-0.3, -0.25) is 0 Å². The SMILES string of the molecule is C=C(/C=C\C=C/C)C(c1ccccc1)(c1ccccc1)c1cc2ccc3c(C)ccc(/C=C\C)c3c2cc1C. The first-order valence-electron chi connectivity index (χ1n) is 13.7. The summed E-state index contributed by atoms with van der Waals surface area (Å²) in [6.45, 7) is 13.3. The van der Waals surface area contributed by atoms with Crippen molar-refractivity contribution in [3.63, 3.8) is 0 Å². The van der Waals surface area contributed by atoms with Crippen molar-refractivity contribution >= 4 is 27.6 Å². The molecule has 0 spiro atoms. The van der Waals surface area contributed by atoms with Crippen molar-refractivity contribution in [1.82, 2.24) is 0 Å². The van der Waals surface area contributed by atoms with Gasteiger partial charge in [0.15, 0.2) is 0 Å². The van der Waals surface area contributed by atoms with Gasteiger partial charge in [-0.15, -0.1) is 0 Å². The molecule has 5 aromatic carbocycles. The average molecular weight is 505 g/mol. The average Bonchev–Trinajstić information content (AvgIpc) is 2.96. The number of aryl methyl sites for hydroxylation is 2. The molecule has 0 N–H and O–H groups in total. The minimum absolute atomic E-state index is 0.549. The fourth-order valence-corrected chi connectivity index (χ4v) is 6.04. The Bertz CT molecular complexity index is 1690. The summed E-state index contributed by atoms with van der Waals surface area (Å²) in [6.07, 6.45) is 12.7. The third-order valence-corrected chi connectivity index (χ3v) is 7.84. The van der Waals surface area contributed by atoms with E-state index in [0.29, 0.717) is 0 Å². The Hall–Kier alpha value is -4.42. The summed E-state index contributed by atoms with van der Waals surface area (Å²) in [6, 6.07) is 35.5. The molecule has 0 heteroatoms. The van der Waals surface area contributed by atoms with E-state index in [4.69, 9.17) is 6.58 Å². The minimum Gasteiger partial charge on any atom is -0.0942 e. The number of rotatable bonds is 7. The summed E-state index contributed by atoms with van der Waals surface area (Å²) in [5.74, 6) is 0. The second-order valence-electron chi connectivity index (χ2n) is 10.2. The van der Waals surface area contributed by atoms with Crippen LogP contribution in [-0.2, 0) is 5.41 Å². The van der Waals surface area contributed by atoms with Crippen LogP contribution in [0.1, 0.15) is 47.2 Å². The van der Waals surface area contributed by atoms with E-state index in [-0.39, 0.29) is 0 Å². The molecular weight excluding hydrogens is 468 g/mol. The molecule has 0 atom stereocenters. The lowest BCUT2D eigenvalue weighted by atomic mass is 9.63. The highest BCUT2D eigenvalue weighted by Gasteiger charge is 2.39. The van der Waals surface area contributed by atoms with Gasteiger partial charge in [-0.2, -0.15) is 0 Å². The molecular formula is C39H36. The van der Waals surface area contributed by atoms with Crippen LogP contribution in [0.2, 0.25) is 0 Å². The van der Waals surface area contributed by atoms with Crippen LogP contribution in [-0.4, -0.2) is 0 Å². The summed E-state index contributed by atoms with van der Waals surface area (Å²) in [5.41, 5.74) is 7.95. The Morgan fingerprint density at radius 3 is 1.95 bits per heavy atom. The maximum atomic E-state index is 4.72. The van der Waals surface area contributed by atoms with Crippen molar-refractivity contribution in [3.05, 3.63) is 173 Å². The summed E-state index contributed by atoms with van der Waals surface area (Å²) >= 11 is 0. The van der Waals surface area contributed by atoms with Crippen molar-refractivity contribution in [3.8, 4) is 0 Å². The number of fused-ring (bicyclic) bond motifs is 3. The maximum absolute atomic E-state index is 4.72. The van der Waals surface area contributed by atoms with E-state index in [1.165, 1.54) is 54.9 Å². The first-order valence-corrected chi connectivity index (χ1v) is 13.7. The Labute approximate surface area is 233 Å². The molecule has 0 aliphatic carbocycles. The van der Waals surface area contributed by atoms with Crippen LogP contribution in [0.3, 0.4) is 0 Å². The molecule has 0 nitrogen and oxygen atoms in total. The van der Waals surface area contributed by atoms with E-state index in [1.54, 1.807) is 0 Å². The van der Waals surface area contributed by atoms with Crippen LogP contribution in [0.4, 0.5) is 0 Å². The van der Waals surface area contributed by atoms with Crippen molar-refractivity contribution in [2.45, 2.75) is 33.1 Å². The molecule has 0 saturated heterocycles. The fourth-order valence-electron chi connectivity index (χ4n) is 6.04. The van der Waals surface area contributed by atoms with Gasteiger partial charge in [0.2, 0.25) is 0 Å². The molecule has 0 unspecified atom stereocenters. The van der Waals surface area contributed by atoms with Gasteiger partial charge in [-0.25, -0.2) is 0 Å². The highest BCUT2D eigenvalue weighted by Crippen LogP contribution is 2.48. The zero-order valence-electron chi connectivity index (χ0n) is 23.4. The molecule has 5 rings (SSSR count). The van der Waals surface area contributed by atoms with E-state index in [0.717, 1.165) is 5.57 Å². The highest BCUT2D eigenvalue weighted by atomic mass is 14.4. The number of benzene rings is 5. The molecule has 192 valence electrons. The highest BCUT2D eigenvalue weighted by molar-refractivity contribution is 6.12. The van der Waals surface area contributed by atoms with E-state index in [2.05, 4.69) is 148 Å². The van der Waals surface area contributed by atoms with Gasteiger partial charge in [0, 0.05) is 0 Å². The Kier molecular flexibility index (Phi) is 7.48. The van der Waals surface area contributed by atoms with E-state index >= 15 is 0 Å². The maximum Gasteiger partial charge on any atom is 0.0698 e. The van der Waals surface area contributed by atoms with Gasteiger partial charge < -0.3 is 0 Å². The molecule has 5 aromatic rings. The van der Waals surface area contributed by atoms with Gasteiger partial charge in [0.1, 0.15) is 0 Å². The molecule has 0 fully saturated rings. The molecule has 39 heavy (non-hydrogen) atoms. The molecule has 0 aliphatic heterocycles. The minimum atomic E-state index is -0.549. The summed E-state index contributed by atoms with van der Waals surface area (Å²) in [7, 11) is 0. The summed E-state index contributed by atoms with van der Waals surface area (Å²) in [5, 5.41) is 5.15. The fraction of sp³-hybridized carbons (Fsp3) is 0.128. The lowest BCUT2D eigenvalue weighted by Crippen LogP contribution is -2.32. The molecule has 0 aromatic heterocycles. The number of hydrogen-bond acceptors (Lipinski definition) is 0. The molecule has 0 radical (unpaired) electrons. The third-order valence-electron chi connectivity index (χ3n) is 7.84. The second kappa shape index (κ2) is 11.1. The lowest BCUT2D eigenvalue weighted by molar-refractivity contribution is 0.741. The standard InChI is InChI=1S/C39H36/c1-6-8-11-17-30(5)39(33-18-12-9-13-19-33,34-20-14-10-15-21-34)37-27-32-24-25-35-28(3)22-23-31(16-7-2)38(35)36(32)26-29(37)4/h6-27H,5H2,1-4H3/b8-6-,16-7-,17-11-. The lowest BCUT2D eigenvalue weighted by Gasteiger charge is -2.38. The molecule has 0 bridgehead atoms. The smallest absolute Gasteiger partial charge is 0.0698 e. The van der Waals surface area contributed by atoms with Crippen LogP contribution in [0.25, 0.3) is 27.6 Å². The first kappa shape index (κ1) is 26.2. The Morgan fingerprint density at radius 2 is 1.33 bits per heavy atom. The van der Waals surface area contributed by atoms with E-state index in [9.17, 15) is 0 Å². The molecule has 0 heterocycles. The predicted molar refractivity (Wildman–Crippen MR) is 171 cm³/mol. The third kappa shape index (κ3) is 4.57. The quantitative estimate of drug-likeness (QED) is 0.117. The van der Waals surface area contributed by atoms with Gasteiger partial charge in [0.05, 0.1) is 5.41 Å². The van der Waals surface area contributed by atoms with Crippen molar-refractivity contribution in [1.29, 1.82) is 0 Å². The van der Waals surface area contributed by atoms with Gasteiger partial charge >= 0.3 is 0 Å². The van der Waals surface area contributed by atoms with Gasteiger partial charge in [0.25, 0.3) is 0 Å². The van der Waals surface area contributed by atoms with E-state index < -0.39 is 5.41 Å². The second-order valence-corrected chi connectivity index (χ2v) is 10.2. The first-order chi connectivity index (χ1) is 19.0. The van der Waals surface area contributed by atoms with Crippen molar-refractivity contribution in [2.75, 3.05) is 0 Å². The Balaban J connectivity index is 1.91. The topological polar surface area (TPSA) is 0 Å². The Morgan fingerprint density at radius 1 is 0.667 bits per heavy atom. The van der Waals surface area contributed by atoms with Crippen molar-refractivity contribution in [2.24, 2.45) is 0 Å². The van der Waals surface area contributed by atoms with Crippen LogP contribution < -0.4 is 0 Å². The van der Waals surface area contributed by atoms with Crippen LogP contribution in [0.15, 0.2) is 140 Å². The zero-order chi connectivity index (χ0) is 27.4. The zero-order valence-corrected chi connectivity index (χ0v) is 23.4. The van der Waals surface area contributed by atoms with Gasteiger partial charge in [-0.05, 0) is 94.3 Å². The van der Waals surface area contributed by atoms with Crippen molar-refractivity contribution < 1.29 is 0 Å². The summed E-state index contributed by atoms with van der Waals surface area (Å²) in [4.78, 5) is 0. The largest absolute Gasteiger partial charge is 0.0942 e. The van der Waals surface area contributed by atoms with E-state index in [1.807, 2.05) is 13.0 Å². The van der Waals surface area contributed by atoms with Crippen LogP contribution >= 0.6 is 0 Å². The van der Waals surface area contributed by atoms with Crippen LogP contribution in [0, 0.1) is 13.8 Å².